The molecule has 0 saturated heterocycles. The van der Waals surface area contributed by atoms with E-state index in [1.54, 1.807) is 0 Å². The minimum Gasteiger partial charge on any atom is -0.228 e. The summed E-state index contributed by atoms with van der Waals surface area (Å²) in [4.78, 5) is 10.3. The molecule has 286 valence electrons. The molecule has 0 fully saturated rings. The van der Waals surface area contributed by atoms with Crippen molar-refractivity contribution >= 4 is 32.3 Å². The molecule has 0 saturated carbocycles. The first-order chi connectivity index (χ1) is 30.2. The van der Waals surface area contributed by atoms with Gasteiger partial charge in [-0.15, -0.1) is 0 Å². The van der Waals surface area contributed by atoms with E-state index in [1.807, 2.05) is 6.07 Å². The zero-order valence-corrected chi connectivity index (χ0v) is 35.2. The van der Waals surface area contributed by atoms with Gasteiger partial charge in [0.25, 0.3) is 0 Å². The van der Waals surface area contributed by atoms with Gasteiger partial charge in [-0.2, -0.15) is 0 Å². The molecule has 0 amide bonds. The number of hydrogen-bond donors (Lipinski definition) is 0. The van der Waals surface area contributed by atoms with Crippen LogP contribution in [-0.4, -0.2) is 9.97 Å². The van der Waals surface area contributed by atoms with Gasteiger partial charge in [0.1, 0.15) is 0 Å². The fourth-order valence-corrected chi connectivity index (χ4v) is 12.3. The van der Waals surface area contributed by atoms with Crippen LogP contribution in [0.1, 0.15) is 0 Å². The summed E-state index contributed by atoms with van der Waals surface area (Å²) in [5, 5.41) is 7.68. The van der Waals surface area contributed by atoms with E-state index in [9.17, 15) is 0 Å². The maximum absolute atomic E-state index is 5.19. The summed E-state index contributed by atoms with van der Waals surface area (Å²) in [6.45, 7) is 0. The zero-order valence-electron chi connectivity index (χ0n) is 33.1. The standard InChI is InChI=1S/C58H36IN2/c1-2-11-41(12-3-1)55-36-56(42-29-23-38(24-30-42)37-21-27-40(28-22-37)45-18-10-19-52-51-17-8-9-20-54(51)59-57(45)52)61-58(60-55)43-31-25-39(26-32-43)44-33-34-50-48-15-5-4-13-46(48)47-14-6-7-16-49(47)53(50)35-44/h1-36H/q-1. The summed E-state index contributed by atoms with van der Waals surface area (Å²) < 4.78 is 3.05. The third-order valence-corrected chi connectivity index (χ3v) is 15.3. The van der Waals surface area contributed by atoms with E-state index >= 15 is 0 Å². The normalized spacial score (nSPS) is 12.0. The summed E-state index contributed by atoms with van der Waals surface area (Å²) >= 11 is -0.197. The van der Waals surface area contributed by atoms with Crippen LogP contribution in [0.5, 0.6) is 0 Å². The molecule has 0 unspecified atom stereocenters. The second-order valence-corrected chi connectivity index (χ2v) is 18.4. The van der Waals surface area contributed by atoms with Crippen LogP contribution >= 0.6 is 0 Å². The number of rotatable bonds is 6. The van der Waals surface area contributed by atoms with Crippen LogP contribution in [0.4, 0.5) is 0 Å². The van der Waals surface area contributed by atoms with E-state index in [0.717, 1.165) is 33.6 Å². The molecule has 1 aromatic heterocycles. The van der Waals surface area contributed by atoms with Gasteiger partial charge < -0.3 is 0 Å². The SMILES string of the molecule is c1ccc(-c2cc(-c3ccc(-c4ccc(-c5cccc6c5[I-]c5ccccc5-6)cc4)cc3)nc(-c3ccc(-c4ccc5c6ccccc6c6ccccc6c5c4)cc3)n2)cc1. The minimum atomic E-state index is -0.197. The van der Waals surface area contributed by atoms with Crippen molar-refractivity contribution in [2.75, 3.05) is 0 Å². The second-order valence-electron chi connectivity index (χ2n) is 15.7. The van der Waals surface area contributed by atoms with Gasteiger partial charge >= 0.3 is 175 Å². The Kier molecular flexibility index (Phi) is 8.67. The number of fused-ring (bicyclic) bond motifs is 9. The van der Waals surface area contributed by atoms with Crippen LogP contribution in [0.2, 0.25) is 0 Å². The minimum absolute atomic E-state index is 0.197. The van der Waals surface area contributed by atoms with Gasteiger partial charge in [-0.25, -0.2) is 4.98 Å². The van der Waals surface area contributed by atoms with Crippen molar-refractivity contribution in [2.24, 2.45) is 0 Å². The first kappa shape index (κ1) is 35.7. The van der Waals surface area contributed by atoms with Crippen molar-refractivity contribution < 1.29 is 21.2 Å². The quantitative estimate of drug-likeness (QED) is 0.123. The molecule has 1 aliphatic heterocycles. The van der Waals surface area contributed by atoms with Gasteiger partial charge in [-0.3, -0.25) is 0 Å². The molecule has 10 aromatic carbocycles. The number of hydrogen-bond acceptors (Lipinski definition) is 2. The molecule has 61 heavy (non-hydrogen) atoms. The zero-order chi connectivity index (χ0) is 40.3. The molecule has 2 nitrogen and oxygen atoms in total. The van der Waals surface area contributed by atoms with E-state index in [2.05, 4.69) is 212 Å². The number of benzene rings is 10. The number of halogens is 1. The van der Waals surface area contributed by atoms with Crippen LogP contribution in [-0.2, 0) is 0 Å². The number of nitrogens with zero attached hydrogens (tertiary/aromatic N) is 2. The third kappa shape index (κ3) is 6.32. The summed E-state index contributed by atoms with van der Waals surface area (Å²) in [6.07, 6.45) is 0. The molecule has 0 radical (unpaired) electrons. The van der Waals surface area contributed by atoms with Crippen molar-refractivity contribution in [1.82, 2.24) is 9.97 Å². The molecular formula is C58H36IN2-. The van der Waals surface area contributed by atoms with Crippen molar-refractivity contribution in [3.05, 3.63) is 226 Å². The average molecular weight is 888 g/mol. The van der Waals surface area contributed by atoms with E-state index < -0.39 is 0 Å². The molecule has 0 bridgehead atoms. The first-order valence-electron chi connectivity index (χ1n) is 20.7. The molecule has 0 spiro atoms. The Labute approximate surface area is 365 Å². The predicted octanol–water partition coefficient (Wildman–Crippen LogP) is 12.0. The Morgan fingerprint density at radius 1 is 0.262 bits per heavy atom. The molecule has 3 heteroatoms. The topological polar surface area (TPSA) is 25.8 Å². The van der Waals surface area contributed by atoms with Gasteiger partial charge in [0.2, 0.25) is 0 Å². The average Bonchev–Trinajstić information content (AvgIpc) is 3.73. The second kappa shape index (κ2) is 14.8. The van der Waals surface area contributed by atoms with Crippen molar-refractivity contribution in [2.45, 2.75) is 0 Å². The molecule has 0 atom stereocenters. The Morgan fingerprint density at radius 2 is 0.705 bits per heavy atom. The molecule has 1 aliphatic rings. The van der Waals surface area contributed by atoms with Crippen molar-refractivity contribution in [3.63, 3.8) is 0 Å². The van der Waals surface area contributed by atoms with Crippen LogP contribution in [0.25, 0.3) is 111 Å². The van der Waals surface area contributed by atoms with Crippen LogP contribution in [0.3, 0.4) is 0 Å². The van der Waals surface area contributed by atoms with Gasteiger partial charge in [0, 0.05) is 11.1 Å². The van der Waals surface area contributed by atoms with Gasteiger partial charge in [0.15, 0.2) is 5.82 Å². The van der Waals surface area contributed by atoms with E-state index in [1.165, 1.54) is 78.4 Å². The van der Waals surface area contributed by atoms with Crippen LogP contribution in [0, 0.1) is 7.14 Å². The monoisotopic (exact) mass is 887 g/mol. The molecular weight excluding hydrogens is 852 g/mol. The summed E-state index contributed by atoms with van der Waals surface area (Å²) in [5.74, 6) is 0.705. The summed E-state index contributed by atoms with van der Waals surface area (Å²) in [7, 11) is 0. The van der Waals surface area contributed by atoms with Gasteiger partial charge in [0.05, 0.1) is 5.69 Å². The first-order valence-corrected chi connectivity index (χ1v) is 22.8. The van der Waals surface area contributed by atoms with E-state index in [0.29, 0.717) is 5.82 Å². The molecule has 0 aliphatic carbocycles. The Bertz CT molecular complexity index is 3430. The van der Waals surface area contributed by atoms with Crippen LogP contribution in [0.15, 0.2) is 218 Å². The van der Waals surface area contributed by atoms with Crippen LogP contribution < -0.4 is 21.2 Å². The van der Waals surface area contributed by atoms with Crippen molar-refractivity contribution in [1.29, 1.82) is 0 Å². The van der Waals surface area contributed by atoms with Crippen molar-refractivity contribution in [3.8, 4) is 78.4 Å². The molecule has 2 heterocycles. The Hall–Kier alpha value is -7.21. The smallest absolute Gasteiger partial charge is 0.228 e. The molecule has 0 N–H and O–H groups in total. The van der Waals surface area contributed by atoms with E-state index in [4.69, 9.17) is 9.97 Å². The number of aromatic nitrogens is 2. The fourth-order valence-electron chi connectivity index (χ4n) is 8.98. The van der Waals surface area contributed by atoms with E-state index in [-0.39, 0.29) is 21.2 Å². The fraction of sp³-hybridized carbons (Fsp3) is 0. The molecule has 12 rings (SSSR count). The van der Waals surface area contributed by atoms with Gasteiger partial charge in [-0.1, -0.05) is 115 Å². The predicted molar refractivity (Wildman–Crippen MR) is 250 cm³/mol. The summed E-state index contributed by atoms with van der Waals surface area (Å²) in [6, 6.07) is 79.1. The third-order valence-electron chi connectivity index (χ3n) is 12.1. The maximum atomic E-state index is 5.19. The van der Waals surface area contributed by atoms with Gasteiger partial charge in [-0.05, 0) is 49.5 Å². The summed E-state index contributed by atoms with van der Waals surface area (Å²) in [5.41, 5.74) is 15.1. The Morgan fingerprint density at radius 3 is 1.36 bits per heavy atom. The molecule has 11 aromatic rings. The Balaban J connectivity index is 0.859.